The molecule has 0 spiro atoms. The molecule has 0 aromatic carbocycles. The zero-order valence-electron chi connectivity index (χ0n) is 10.1. The van der Waals surface area contributed by atoms with Crippen molar-refractivity contribution in [1.82, 2.24) is 9.88 Å². The predicted octanol–water partition coefficient (Wildman–Crippen LogP) is 0.184. The Bertz CT molecular complexity index is 487. The topological polar surface area (TPSA) is 79.2 Å². The molecule has 1 aromatic heterocycles. The van der Waals surface area contributed by atoms with Crippen molar-refractivity contribution >= 4 is 5.91 Å². The normalized spacial score (nSPS) is 18.0. The van der Waals surface area contributed by atoms with Crippen LogP contribution >= 0.6 is 0 Å². The summed E-state index contributed by atoms with van der Waals surface area (Å²) in [5, 5.41) is 0. The van der Waals surface area contributed by atoms with Crippen LogP contribution in [0.25, 0.3) is 0 Å². The molecule has 2 heterocycles. The number of pyridine rings is 1. The van der Waals surface area contributed by atoms with Crippen LogP contribution in [0.5, 0.6) is 0 Å². The van der Waals surface area contributed by atoms with Gasteiger partial charge in [0.15, 0.2) is 5.43 Å². The number of aromatic nitrogens is 1. The van der Waals surface area contributed by atoms with E-state index in [9.17, 15) is 9.59 Å². The Labute approximate surface area is 99.6 Å². The van der Waals surface area contributed by atoms with Crippen LogP contribution in [0.2, 0.25) is 0 Å². The third kappa shape index (κ3) is 1.98. The van der Waals surface area contributed by atoms with Crippen LogP contribution in [0.15, 0.2) is 23.3 Å². The number of likely N-dealkylation sites (tertiary alicyclic amines) is 1. The molecule has 2 rings (SSSR count). The summed E-state index contributed by atoms with van der Waals surface area (Å²) in [6.45, 7) is 5.10. The molecule has 0 saturated carbocycles. The number of nitrogens with two attached hydrogens (primary N) is 1. The van der Waals surface area contributed by atoms with Gasteiger partial charge in [0.05, 0.1) is 5.54 Å². The fourth-order valence-corrected chi connectivity index (χ4v) is 1.93. The maximum Gasteiger partial charge on any atom is 0.259 e. The number of hydrogen-bond donors (Lipinski definition) is 2. The highest BCUT2D eigenvalue weighted by atomic mass is 16.2. The minimum Gasteiger partial charge on any atom is -0.367 e. The Morgan fingerprint density at radius 2 is 2.18 bits per heavy atom. The summed E-state index contributed by atoms with van der Waals surface area (Å²) in [6.07, 6.45) is 2.95. The molecule has 1 aliphatic heterocycles. The number of nitrogens with one attached hydrogen (secondary N) is 1. The Kier molecular flexibility index (Phi) is 2.79. The molecule has 0 aliphatic carbocycles. The molecule has 0 bridgehead atoms. The minimum absolute atomic E-state index is 0.179. The molecule has 5 heteroatoms. The van der Waals surface area contributed by atoms with E-state index in [0.29, 0.717) is 19.0 Å². The standard InChI is InChI=1S/C12H17N3O2/c1-8(2)12(13)6-15(7-12)11(17)9-5-14-4-3-10(9)16/h3-5,8H,6-7,13H2,1-2H3,(H,14,16). The van der Waals surface area contributed by atoms with Crippen molar-refractivity contribution in [3.8, 4) is 0 Å². The Hall–Kier alpha value is -1.62. The Morgan fingerprint density at radius 1 is 1.53 bits per heavy atom. The molecule has 1 saturated heterocycles. The lowest BCUT2D eigenvalue weighted by atomic mass is 9.80. The van der Waals surface area contributed by atoms with Crippen LogP contribution in [0.3, 0.4) is 0 Å². The van der Waals surface area contributed by atoms with Gasteiger partial charge in [0, 0.05) is 31.5 Å². The van der Waals surface area contributed by atoms with E-state index in [2.05, 4.69) is 4.98 Å². The molecule has 0 radical (unpaired) electrons. The average molecular weight is 235 g/mol. The summed E-state index contributed by atoms with van der Waals surface area (Å²) < 4.78 is 0. The van der Waals surface area contributed by atoms with E-state index in [1.165, 1.54) is 18.5 Å². The van der Waals surface area contributed by atoms with Gasteiger partial charge < -0.3 is 15.6 Å². The molecule has 0 atom stereocenters. The van der Waals surface area contributed by atoms with Gasteiger partial charge in [-0.1, -0.05) is 13.8 Å². The van der Waals surface area contributed by atoms with E-state index in [-0.39, 0.29) is 22.4 Å². The lowest BCUT2D eigenvalue weighted by Crippen LogP contribution is -2.71. The van der Waals surface area contributed by atoms with Crippen molar-refractivity contribution in [2.75, 3.05) is 13.1 Å². The van der Waals surface area contributed by atoms with E-state index in [1.807, 2.05) is 13.8 Å². The third-order valence-corrected chi connectivity index (χ3v) is 3.46. The highest BCUT2D eigenvalue weighted by Gasteiger charge is 2.44. The molecule has 17 heavy (non-hydrogen) atoms. The Balaban J connectivity index is 2.11. The van der Waals surface area contributed by atoms with Gasteiger partial charge in [0.1, 0.15) is 5.56 Å². The first-order valence-electron chi connectivity index (χ1n) is 5.69. The van der Waals surface area contributed by atoms with Crippen molar-refractivity contribution in [3.63, 3.8) is 0 Å². The summed E-state index contributed by atoms with van der Waals surface area (Å²) in [4.78, 5) is 27.9. The number of carbonyl (C=O) groups excluding carboxylic acids is 1. The van der Waals surface area contributed by atoms with Crippen LogP contribution in [0.1, 0.15) is 24.2 Å². The van der Waals surface area contributed by atoms with Crippen molar-refractivity contribution < 1.29 is 4.79 Å². The molecule has 92 valence electrons. The molecule has 1 aromatic rings. The molecule has 1 aliphatic rings. The third-order valence-electron chi connectivity index (χ3n) is 3.46. The van der Waals surface area contributed by atoms with E-state index in [1.54, 1.807) is 4.90 Å². The number of amides is 1. The maximum atomic E-state index is 12.0. The molecule has 5 nitrogen and oxygen atoms in total. The molecule has 3 N–H and O–H groups in total. The molecule has 0 unspecified atom stereocenters. The summed E-state index contributed by atoms with van der Waals surface area (Å²) in [5.74, 6) is 0.0779. The van der Waals surface area contributed by atoms with Crippen LogP contribution < -0.4 is 11.2 Å². The van der Waals surface area contributed by atoms with Crippen molar-refractivity contribution in [3.05, 3.63) is 34.2 Å². The number of aromatic amines is 1. The van der Waals surface area contributed by atoms with E-state index < -0.39 is 0 Å². The van der Waals surface area contributed by atoms with Gasteiger partial charge in [-0.15, -0.1) is 0 Å². The van der Waals surface area contributed by atoms with Crippen LogP contribution in [-0.2, 0) is 0 Å². The van der Waals surface area contributed by atoms with Gasteiger partial charge in [-0.25, -0.2) is 0 Å². The first-order chi connectivity index (χ1) is 7.94. The summed E-state index contributed by atoms with van der Waals surface area (Å²) in [6, 6.07) is 1.35. The minimum atomic E-state index is -0.308. The SMILES string of the molecule is CC(C)C1(N)CN(C(=O)c2c[nH]ccc2=O)C1. The highest BCUT2D eigenvalue weighted by Crippen LogP contribution is 2.26. The number of H-pyrrole nitrogens is 1. The largest absolute Gasteiger partial charge is 0.367 e. The van der Waals surface area contributed by atoms with E-state index in [0.717, 1.165) is 0 Å². The molecule has 1 fully saturated rings. The fourth-order valence-electron chi connectivity index (χ4n) is 1.93. The second kappa shape index (κ2) is 4.00. The van der Waals surface area contributed by atoms with Crippen molar-refractivity contribution in [1.29, 1.82) is 0 Å². The summed E-state index contributed by atoms with van der Waals surface area (Å²) in [7, 11) is 0. The van der Waals surface area contributed by atoms with Crippen molar-refractivity contribution in [2.24, 2.45) is 11.7 Å². The number of hydrogen-bond acceptors (Lipinski definition) is 3. The van der Waals surface area contributed by atoms with Gasteiger partial charge in [-0.2, -0.15) is 0 Å². The summed E-state index contributed by atoms with van der Waals surface area (Å²) in [5.41, 5.74) is 5.72. The molecular weight excluding hydrogens is 218 g/mol. The molecule has 1 amide bonds. The smallest absolute Gasteiger partial charge is 0.259 e. The lowest BCUT2D eigenvalue weighted by molar-refractivity contribution is 0.0273. The van der Waals surface area contributed by atoms with Gasteiger partial charge >= 0.3 is 0 Å². The van der Waals surface area contributed by atoms with Crippen LogP contribution in [0, 0.1) is 5.92 Å². The van der Waals surface area contributed by atoms with Crippen LogP contribution in [0.4, 0.5) is 0 Å². The number of nitrogens with zero attached hydrogens (tertiary/aromatic N) is 1. The first kappa shape index (κ1) is 11.9. The monoisotopic (exact) mass is 235 g/mol. The fraction of sp³-hybridized carbons (Fsp3) is 0.500. The quantitative estimate of drug-likeness (QED) is 0.767. The first-order valence-corrected chi connectivity index (χ1v) is 5.69. The van der Waals surface area contributed by atoms with Gasteiger partial charge in [0.2, 0.25) is 0 Å². The Morgan fingerprint density at radius 3 is 2.71 bits per heavy atom. The molecular formula is C12H17N3O2. The second-order valence-corrected chi connectivity index (χ2v) is 4.97. The van der Waals surface area contributed by atoms with E-state index in [4.69, 9.17) is 5.73 Å². The second-order valence-electron chi connectivity index (χ2n) is 4.97. The number of carbonyl (C=O) groups is 1. The van der Waals surface area contributed by atoms with Crippen LogP contribution in [-0.4, -0.2) is 34.4 Å². The zero-order valence-corrected chi connectivity index (χ0v) is 10.1. The zero-order chi connectivity index (χ0) is 12.6. The summed E-state index contributed by atoms with van der Waals surface area (Å²) >= 11 is 0. The average Bonchev–Trinajstić information content (AvgIpc) is 2.24. The van der Waals surface area contributed by atoms with Crippen molar-refractivity contribution in [2.45, 2.75) is 19.4 Å². The van der Waals surface area contributed by atoms with E-state index >= 15 is 0 Å². The lowest BCUT2D eigenvalue weighted by Gasteiger charge is -2.50. The van der Waals surface area contributed by atoms with Gasteiger partial charge in [-0.05, 0) is 5.92 Å². The van der Waals surface area contributed by atoms with Gasteiger partial charge in [0.25, 0.3) is 5.91 Å². The predicted molar refractivity (Wildman–Crippen MR) is 64.7 cm³/mol. The number of rotatable bonds is 2. The van der Waals surface area contributed by atoms with Gasteiger partial charge in [-0.3, -0.25) is 9.59 Å². The maximum absolute atomic E-state index is 12.0. The highest BCUT2D eigenvalue weighted by molar-refractivity contribution is 5.94.